The number of carbonyl (C=O) groups is 1. The van der Waals surface area contributed by atoms with Crippen molar-refractivity contribution in [2.24, 2.45) is 0 Å². The lowest BCUT2D eigenvalue weighted by molar-refractivity contribution is 0.209. The molecule has 3 aromatic heterocycles. The van der Waals surface area contributed by atoms with Crippen LogP contribution in [0.1, 0.15) is 11.1 Å². The van der Waals surface area contributed by atoms with Crippen molar-refractivity contribution in [2.45, 2.75) is 13.5 Å². The molecule has 1 aliphatic rings. The van der Waals surface area contributed by atoms with E-state index in [-0.39, 0.29) is 5.95 Å². The lowest BCUT2D eigenvalue weighted by Crippen LogP contribution is -2.26. The summed E-state index contributed by atoms with van der Waals surface area (Å²) >= 11 is 0. The predicted molar refractivity (Wildman–Crippen MR) is 132 cm³/mol. The number of nitrogens with one attached hydrogen (secondary N) is 2. The smallest absolute Gasteiger partial charge is 0.411 e. The van der Waals surface area contributed by atoms with Crippen molar-refractivity contribution in [3.05, 3.63) is 66.1 Å². The van der Waals surface area contributed by atoms with E-state index in [1.165, 1.54) is 0 Å². The Labute approximate surface area is 199 Å². The molecule has 0 spiro atoms. The van der Waals surface area contributed by atoms with E-state index in [0.717, 1.165) is 44.7 Å². The van der Waals surface area contributed by atoms with E-state index < -0.39 is 6.09 Å². The molecule has 4 heterocycles. The highest BCUT2D eigenvalue weighted by Crippen LogP contribution is 2.33. The van der Waals surface area contributed by atoms with Gasteiger partial charge in [0.25, 0.3) is 0 Å². The zero-order valence-corrected chi connectivity index (χ0v) is 18.8. The Morgan fingerprint density at radius 3 is 2.89 bits per heavy atom. The summed E-state index contributed by atoms with van der Waals surface area (Å²) < 4.78 is 6.06. The molecule has 0 unspecified atom stereocenters. The standard InChI is InChI=1S/C25H21N7O3/c1-14-2-4-19-18(8-14)23(28-13-27-19)32-6-7-35-21-5-3-15(9-17(21)12-32)16-10-20-22(26-11-16)30-24(29-20)31-25(33)34/h2-5,8-11,13H,6-7,12H2,1H3,(H,33,34)(H2,26,29,30,31). The maximum atomic E-state index is 10.9. The third-order valence-electron chi connectivity index (χ3n) is 6.01. The molecule has 10 heteroatoms. The van der Waals surface area contributed by atoms with Gasteiger partial charge in [0.1, 0.15) is 30.0 Å². The van der Waals surface area contributed by atoms with Gasteiger partial charge in [0.15, 0.2) is 5.65 Å². The van der Waals surface area contributed by atoms with E-state index in [2.05, 4.69) is 60.3 Å². The molecule has 0 aliphatic carbocycles. The first-order chi connectivity index (χ1) is 17.0. The van der Waals surface area contributed by atoms with Crippen LogP contribution in [-0.4, -0.2) is 49.3 Å². The number of H-pyrrole nitrogens is 1. The number of nitrogens with zero attached hydrogens (tertiary/aromatic N) is 5. The van der Waals surface area contributed by atoms with Gasteiger partial charge in [-0.15, -0.1) is 0 Å². The number of hydrogen-bond acceptors (Lipinski definition) is 7. The summed E-state index contributed by atoms with van der Waals surface area (Å²) in [5, 5.41) is 12.2. The minimum Gasteiger partial charge on any atom is -0.491 e. The van der Waals surface area contributed by atoms with Gasteiger partial charge < -0.3 is 19.7 Å². The summed E-state index contributed by atoms with van der Waals surface area (Å²) in [7, 11) is 0. The number of hydrogen-bond donors (Lipinski definition) is 3. The number of aromatic amines is 1. The molecule has 174 valence electrons. The van der Waals surface area contributed by atoms with Crippen LogP contribution >= 0.6 is 0 Å². The van der Waals surface area contributed by atoms with Gasteiger partial charge in [-0.25, -0.2) is 24.7 Å². The molecule has 0 saturated heterocycles. The second-order valence-electron chi connectivity index (χ2n) is 8.42. The third-order valence-corrected chi connectivity index (χ3v) is 6.01. The van der Waals surface area contributed by atoms with Crippen molar-refractivity contribution < 1.29 is 14.6 Å². The number of rotatable bonds is 3. The van der Waals surface area contributed by atoms with E-state index in [4.69, 9.17) is 9.84 Å². The lowest BCUT2D eigenvalue weighted by Gasteiger charge is -2.22. The summed E-state index contributed by atoms with van der Waals surface area (Å²) in [6, 6.07) is 14.1. The fourth-order valence-electron chi connectivity index (χ4n) is 4.38. The average Bonchev–Trinajstić information content (AvgIpc) is 3.11. The van der Waals surface area contributed by atoms with Gasteiger partial charge in [-0.2, -0.15) is 0 Å². The van der Waals surface area contributed by atoms with Gasteiger partial charge in [0, 0.05) is 29.3 Å². The van der Waals surface area contributed by atoms with Crippen LogP contribution in [0.4, 0.5) is 16.6 Å². The van der Waals surface area contributed by atoms with E-state index in [1.54, 1.807) is 12.5 Å². The monoisotopic (exact) mass is 467 g/mol. The quantitative estimate of drug-likeness (QED) is 0.357. The SMILES string of the molecule is Cc1ccc2ncnc(N3CCOc4ccc(-c5cnc6[nH]c(NC(=O)O)nc6c5)cc4C3)c2c1. The van der Waals surface area contributed by atoms with Gasteiger partial charge in [-0.05, 0) is 42.8 Å². The summed E-state index contributed by atoms with van der Waals surface area (Å²) in [6.07, 6.45) is 2.16. The largest absolute Gasteiger partial charge is 0.491 e. The molecule has 3 N–H and O–H groups in total. The van der Waals surface area contributed by atoms with Crippen molar-refractivity contribution in [2.75, 3.05) is 23.4 Å². The maximum Gasteiger partial charge on any atom is 0.411 e. The van der Waals surface area contributed by atoms with Crippen molar-refractivity contribution >= 4 is 39.9 Å². The van der Waals surface area contributed by atoms with Crippen LogP contribution in [0.2, 0.25) is 0 Å². The molecule has 0 saturated carbocycles. The van der Waals surface area contributed by atoms with Gasteiger partial charge in [0.2, 0.25) is 5.95 Å². The number of aryl methyl sites for hydroxylation is 1. The van der Waals surface area contributed by atoms with Gasteiger partial charge in [0.05, 0.1) is 12.1 Å². The van der Waals surface area contributed by atoms with Gasteiger partial charge >= 0.3 is 6.09 Å². The number of amides is 1. The molecule has 35 heavy (non-hydrogen) atoms. The Hall–Kier alpha value is -4.73. The first-order valence-electron chi connectivity index (χ1n) is 11.1. The summed E-state index contributed by atoms with van der Waals surface area (Å²) in [6.45, 7) is 3.94. The van der Waals surface area contributed by atoms with Crippen LogP contribution in [0.5, 0.6) is 5.75 Å². The van der Waals surface area contributed by atoms with E-state index in [0.29, 0.717) is 30.9 Å². The minimum absolute atomic E-state index is 0.135. The highest BCUT2D eigenvalue weighted by atomic mass is 16.5. The first-order valence-corrected chi connectivity index (χ1v) is 11.1. The lowest BCUT2D eigenvalue weighted by atomic mass is 10.0. The molecule has 0 bridgehead atoms. The summed E-state index contributed by atoms with van der Waals surface area (Å²) in [5.74, 6) is 1.86. The maximum absolute atomic E-state index is 10.9. The number of aromatic nitrogens is 5. The molecular weight excluding hydrogens is 446 g/mol. The number of carboxylic acid groups (broad SMARTS) is 1. The third kappa shape index (κ3) is 3.95. The molecule has 0 fully saturated rings. The molecule has 10 nitrogen and oxygen atoms in total. The van der Waals surface area contributed by atoms with Crippen molar-refractivity contribution in [1.82, 2.24) is 24.9 Å². The Balaban J connectivity index is 1.36. The van der Waals surface area contributed by atoms with Gasteiger partial charge in [-0.3, -0.25) is 5.32 Å². The molecule has 2 aromatic carbocycles. The topological polar surface area (TPSA) is 129 Å². The minimum atomic E-state index is -1.19. The van der Waals surface area contributed by atoms with Crippen LogP contribution in [0.15, 0.2) is 55.0 Å². The second-order valence-corrected chi connectivity index (χ2v) is 8.42. The number of anilines is 2. The number of imidazole rings is 1. The van der Waals surface area contributed by atoms with Crippen molar-refractivity contribution in [1.29, 1.82) is 0 Å². The molecule has 1 amide bonds. The number of benzene rings is 2. The highest BCUT2D eigenvalue weighted by Gasteiger charge is 2.20. The average molecular weight is 467 g/mol. The summed E-state index contributed by atoms with van der Waals surface area (Å²) in [4.78, 5) is 33.7. The van der Waals surface area contributed by atoms with Crippen LogP contribution in [0.25, 0.3) is 33.2 Å². The van der Waals surface area contributed by atoms with Crippen LogP contribution in [-0.2, 0) is 6.54 Å². The molecule has 0 atom stereocenters. The first kappa shape index (κ1) is 20.8. The van der Waals surface area contributed by atoms with Crippen LogP contribution in [0.3, 0.4) is 0 Å². The number of fused-ring (bicyclic) bond motifs is 3. The van der Waals surface area contributed by atoms with E-state index in [1.807, 2.05) is 24.3 Å². The normalized spacial score (nSPS) is 13.3. The van der Waals surface area contributed by atoms with Gasteiger partial charge in [-0.1, -0.05) is 17.7 Å². The Bertz CT molecular complexity index is 1600. The molecule has 1 aliphatic heterocycles. The van der Waals surface area contributed by atoms with Crippen LogP contribution < -0.4 is 15.0 Å². The predicted octanol–water partition coefficient (Wildman–Crippen LogP) is 4.37. The Kier molecular flexibility index (Phi) is 4.91. The zero-order chi connectivity index (χ0) is 23.9. The van der Waals surface area contributed by atoms with E-state index >= 15 is 0 Å². The summed E-state index contributed by atoms with van der Waals surface area (Å²) in [5.41, 5.74) is 6.01. The molecular formula is C25H21N7O3. The second kappa shape index (κ2) is 8.24. The van der Waals surface area contributed by atoms with Crippen LogP contribution in [0, 0.1) is 6.92 Å². The fraction of sp³-hybridized carbons (Fsp3) is 0.160. The molecule has 6 rings (SSSR count). The number of pyridine rings is 1. The number of ether oxygens (including phenoxy) is 1. The highest BCUT2D eigenvalue weighted by molar-refractivity contribution is 5.90. The van der Waals surface area contributed by atoms with Crippen molar-refractivity contribution in [3.63, 3.8) is 0 Å². The Morgan fingerprint density at radius 1 is 1.09 bits per heavy atom. The Morgan fingerprint density at radius 2 is 2.00 bits per heavy atom. The molecule has 0 radical (unpaired) electrons. The fourth-order valence-corrected chi connectivity index (χ4v) is 4.38. The van der Waals surface area contributed by atoms with E-state index in [9.17, 15) is 4.79 Å². The van der Waals surface area contributed by atoms with Crippen molar-refractivity contribution in [3.8, 4) is 16.9 Å². The zero-order valence-electron chi connectivity index (χ0n) is 18.8. The molecule has 5 aromatic rings.